The quantitative estimate of drug-likeness (QED) is 0.511. The van der Waals surface area contributed by atoms with Gasteiger partial charge >= 0.3 is 6.03 Å². The van der Waals surface area contributed by atoms with E-state index in [1.54, 1.807) is 6.07 Å². The van der Waals surface area contributed by atoms with Crippen molar-refractivity contribution in [1.82, 2.24) is 4.90 Å². The zero-order valence-corrected chi connectivity index (χ0v) is 20.3. The van der Waals surface area contributed by atoms with E-state index in [1.165, 1.54) is 0 Å². The summed E-state index contributed by atoms with van der Waals surface area (Å²) in [4.78, 5) is 29.4. The SMILES string of the molecule is CCOc1ccccc1NC(=O)Nc1ccc(N2CCN(C(=O)Cc3ccccc3C)CC2)cc1. The molecule has 0 aliphatic carbocycles. The molecule has 3 aromatic rings. The molecule has 182 valence electrons. The van der Waals surface area contributed by atoms with Crippen LogP contribution in [0.25, 0.3) is 0 Å². The van der Waals surface area contributed by atoms with E-state index < -0.39 is 0 Å². The van der Waals surface area contributed by atoms with Crippen molar-refractivity contribution in [2.45, 2.75) is 20.3 Å². The van der Waals surface area contributed by atoms with Crippen LogP contribution in [0.3, 0.4) is 0 Å². The minimum Gasteiger partial charge on any atom is -0.492 e. The van der Waals surface area contributed by atoms with Crippen molar-refractivity contribution in [3.05, 3.63) is 83.9 Å². The Bertz CT molecular complexity index is 1150. The summed E-state index contributed by atoms with van der Waals surface area (Å²) in [7, 11) is 0. The van der Waals surface area contributed by atoms with Crippen LogP contribution in [0.4, 0.5) is 21.9 Å². The summed E-state index contributed by atoms with van der Waals surface area (Å²) < 4.78 is 5.56. The Morgan fingerprint density at radius 3 is 2.26 bits per heavy atom. The van der Waals surface area contributed by atoms with E-state index in [9.17, 15) is 9.59 Å². The molecule has 0 aromatic heterocycles. The number of aryl methyl sites for hydroxylation is 1. The molecule has 1 heterocycles. The number of anilines is 3. The molecular weight excluding hydrogens is 440 g/mol. The molecule has 0 saturated carbocycles. The maximum Gasteiger partial charge on any atom is 0.323 e. The number of piperazine rings is 1. The van der Waals surface area contributed by atoms with Crippen LogP contribution in [-0.4, -0.2) is 49.6 Å². The molecule has 0 spiro atoms. The predicted molar refractivity (Wildman–Crippen MR) is 140 cm³/mol. The first-order valence-electron chi connectivity index (χ1n) is 12.0. The normalized spacial score (nSPS) is 13.3. The van der Waals surface area contributed by atoms with Crippen molar-refractivity contribution in [2.75, 3.05) is 48.3 Å². The van der Waals surface area contributed by atoms with Crippen LogP contribution < -0.4 is 20.3 Å². The number of nitrogens with one attached hydrogen (secondary N) is 2. The van der Waals surface area contributed by atoms with Gasteiger partial charge in [0.1, 0.15) is 5.75 Å². The Kier molecular flexibility index (Phi) is 7.88. The molecule has 0 atom stereocenters. The standard InChI is InChI=1S/C28H32N4O3/c1-3-35-26-11-7-6-10-25(26)30-28(34)29-23-12-14-24(15-13-23)31-16-18-32(19-17-31)27(33)20-22-9-5-4-8-21(22)2/h4-15H,3,16-20H2,1-2H3,(H2,29,30,34). The van der Waals surface area contributed by atoms with E-state index in [4.69, 9.17) is 4.74 Å². The Balaban J connectivity index is 1.27. The summed E-state index contributed by atoms with van der Waals surface area (Å²) >= 11 is 0. The third-order valence-electron chi connectivity index (χ3n) is 6.16. The van der Waals surface area contributed by atoms with Crippen LogP contribution in [0.1, 0.15) is 18.1 Å². The van der Waals surface area contributed by atoms with Gasteiger partial charge in [0.25, 0.3) is 0 Å². The van der Waals surface area contributed by atoms with Gasteiger partial charge in [-0.1, -0.05) is 36.4 Å². The number of hydrogen-bond acceptors (Lipinski definition) is 4. The van der Waals surface area contributed by atoms with Crippen LogP contribution >= 0.6 is 0 Å². The number of ether oxygens (including phenoxy) is 1. The minimum atomic E-state index is -0.328. The molecular formula is C28H32N4O3. The lowest BCUT2D eigenvalue weighted by Crippen LogP contribution is -2.49. The van der Waals surface area contributed by atoms with Crippen molar-refractivity contribution in [3.8, 4) is 5.75 Å². The Labute approximate surface area is 206 Å². The fraction of sp³-hybridized carbons (Fsp3) is 0.286. The molecule has 7 nitrogen and oxygen atoms in total. The van der Waals surface area contributed by atoms with E-state index in [-0.39, 0.29) is 11.9 Å². The number of carbonyl (C=O) groups is 2. The molecule has 1 fully saturated rings. The summed E-state index contributed by atoms with van der Waals surface area (Å²) in [6.45, 7) is 7.43. The first kappa shape index (κ1) is 24.1. The molecule has 4 rings (SSSR count). The van der Waals surface area contributed by atoms with Crippen molar-refractivity contribution in [3.63, 3.8) is 0 Å². The second kappa shape index (κ2) is 11.4. The average Bonchev–Trinajstić information content (AvgIpc) is 2.87. The molecule has 0 unspecified atom stereocenters. The molecule has 7 heteroatoms. The van der Waals surface area contributed by atoms with E-state index in [1.807, 2.05) is 85.5 Å². The monoisotopic (exact) mass is 472 g/mol. The molecule has 2 N–H and O–H groups in total. The van der Waals surface area contributed by atoms with Crippen LogP contribution in [-0.2, 0) is 11.2 Å². The van der Waals surface area contributed by atoms with Gasteiger partial charge in [0, 0.05) is 37.6 Å². The maximum atomic E-state index is 12.8. The molecule has 1 aliphatic rings. The van der Waals surface area contributed by atoms with Gasteiger partial charge in [-0.15, -0.1) is 0 Å². The van der Waals surface area contributed by atoms with E-state index >= 15 is 0 Å². The topological polar surface area (TPSA) is 73.9 Å². The van der Waals surface area contributed by atoms with Crippen LogP contribution in [0.5, 0.6) is 5.75 Å². The predicted octanol–water partition coefficient (Wildman–Crippen LogP) is 4.93. The largest absolute Gasteiger partial charge is 0.492 e. The Morgan fingerprint density at radius 1 is 0.857 bits per heavy atom. The summed E-state index contributed by atoms with van der Waals surface area (Å²) in [5.74, 6) is 0.812. The average molecular weight is 473 g/mol. The highest BCUT2D eigenvalue weighted by atomic mass is 16.5. The molecule has 35 heavy (non-hydrogen) atoms. The third-order valence-corrected chi connectivity index (χ3v) is 6.16. The van der Waals surface area contributed by atoms with Gasteiger partial charge in [-0.2, -0.15) is 0 Å². The summed E-state index contributed by atoms with van der Waals surface area (Å²) in [6, 6.07) is 22.8. The number of para-hydroxylation sites is 2. The lowest BCUT2D eigenvalue weighted by Gasteiger charge is -2.36. The highest BCUT2D eigenvalue weighted by molar-refractivity contribution is 6.00. The van der Waals surface area contributed by atoms with Crippen molar-refractivity contribution < 1.29 is 14.3 Å². The van der Waals surface area contributed by atoms with E-state index in [2.05, 4.69) is 15.5 Å². The minimum absolute atomic E-state index is 0.176. The highest BCUT2D eigenvalue weighted by Gasteiger charge is 2.21. The number of carbonyl (C=O) groups excluding carboxylic acids is 2. The van der Waals surface area contributed by atoms with E-state index in [0.717, 1.165) is 29.9 Å². The van der Waals surface area contributed by atoms with Crippen molar-refractivity contribution in [1.29, 1.82) is 0 Å². The molecule has 3 amide bonds. The number of nitrogens with zero attached hydrogens (tertiary/aromatic N) is 2. The highest BCUT2D eigenvalue weighted by Crippen LogP contribution is 2.24. The van der Waals surface area contributed by atoms with Gasteiger partial charge in [0.15, 0.2) is 0 Å². The van der Waals surface area contributed by atoms with Crippen LogP contribution in [0.15, 0.2) is 72.8 Å². The van der Waals surface area contributed by atoms with Crippen molar-refractivity contribution >= 4 is 29.0 Å². The van der Waals surface area contributed by atoms with Crippen LogP contribution in [0.2, 0.25) is 0 Å². The van der Waals surface area contributed by atoms with Gasteiger partial charge < -0.3 is 25.2 Å². The Hall–Kier alpha value is -4.00. The van der Waals surface area contributed by atoms with Gasteiger partial charge in [-0.05, 0) is 61.4 Å². The van der Waals surface area contributed by atoms with Gasteiger partial charge in [0.2, 0.25) is 5.91 Å². The molecule has 0 bridgehead atoms. The molecule has 1 saturated heterocycles. The number of hydrogen-bond donors (Lipinski definition) is 2. The second-order valence-corrected chi connectivity index (χ2v) is 8.53. The lowest BCUT2D eigenvalue weighted by molar-refractivity contribution is -0.130. The zero-order valence-electron chi connectivity index (χ0n) is 20.3. The first-order valence-corrected chi connectivity index (χ1v) is 12.0. The third kappa shape index (κ3) is 6.32. The smallest absolute Gasteiger partial charge is 0.323 e. The lowest BCUT2D eigenvalue weighted by atomic mass is 10.1. The van der Waals surface area contributed by atoms with Gasteiger partial charge in [-0.25, -0.2) is 4.79 Å². The van der Waals surface area contributed by atoms with E-state index in [0.29, 0.717) is 43.2 Å². The van der Waals surface area contributed by atoms with Gasteiger partial charge in [-0.3, -0.25) is 4.79 Å². The molecule has 0 radical (unpaired) electrons. The first-order chi connectivity index (χ1) is 17.0. The number of amides is 3. The number of urea groups is 1. The fourth-order valence-electron chi connectivity index (χ4n) is 4.19. The molecule has 1 aliphatic heterocycles. The molecule has 3 aromatic carbocycles. The zero-order chi connectivity index (χ0) is 24.6. The summed E-state index contributed by atoms with van der Waals surface area (Å²) in [5.41, 5.74) is 4.64. The van der Waals surface area contributed by atoms with Crippen LogP contribution in [0, 0.1) is 6.92 Å². The second-order valence-electron chi connectivity index (χ2n) is 8.53. The summed E-state index contributed by atoms with van der Waals surface area (Å²) in [5, 5.41) is 5.70. The Morgan fingerprint density at radius 2 is 1.54 bits per heavy atom. The summed E-state index contributed by atoms with van der Waals surface area (Å²) in [6.07, 6.45) is 0.449. The number of rotatable bonds is 7. The maximum absolute atomic E-state index is 12.8. The fourth-order valence-corrected chi connectivity index (χ4v) is 4.19. The van der Waals surface area contributed by atoms with Crippen molar-refractivity contribution in [2.24, 2.45) is 0 Å². The number of benzene rings is 3. The van der Waals surface area contributed by atoms with Gasteiger partial charge in [0.05, 0.1) is 18.7 Å².